The van der Waals surface area contributed by atoms with E-state index in [0.29, 0.717) is 23.5 Å². The van der Waals surface area contributed by atoms with E-state index in [-0.39, 0.29) is 0 Å². The van der Waals surface area contributed by atoms with Gasteiger partial charge in [0.15, 0.2) is 0 Å². The van der Waals surface area contributed by atoms with Crippen LogP contribution in [0.4, 0.5) is 0 Å². The lowest BCUT2D eigenvalue weighted by Gasteiger charge is -2.48. The summed E-state index contributed by atoms with van der Waals surface area (Å²) in [5.74, 6) is 1.37. The van der Waals surface area contributed by atoms with Crippen LogP contribution in [-0.2, 0) is 4.74 Å². The topological polar surface area (TPSA) is 38.5 Å². The first-order chi connectivity index (χ1) is 9.41. The second-order valence-corrected chi connectivity index (χ2v) is 7.76. The van der Waals surface area contributed by atoms with Crippen molar-refractivity contribution in [2.24, 2.45) is 23.0 Å². The van der Waals surface area contributed by atoms with Crippen molar-refractivity contribution in [1.29, 1.82) is 0 Å². The van der Waals surface area contributed by atoms with E-state index < -0.39 is 0 Å². The number of hydrogen-bond donors (Lipinski definition) is 1. The van der Waals surface area contributed by atoms with E-state index in [0.717, 1.165) is 19.1 Å². The van der Waals surface area contributed by atoms with Crippen molar-refractivity contribution in [2.75, 3.05) is 26.7 Å². The van der Waals surface area contributed by atoms with Crippen LogP contribution >= 0.6 is 0 Å². The van der Waals surface area contributed by atoms with Crippen molar-refractivity contribution >= 4 is 0 Å². The molecule has 4 atom stereocenters. The summed E-state index contributed by atoms with van der Waals surface area (Å²) in [4.78, 5) is 2.49. The van der Waals surface area contributed by atoms with Crippen LogP contribution in [0.2, 0.25) is 0 Å². The number of rotatable bonds is 4. The molecule has 3 nitrogen and oxygen atoms in total. The molecule has 0 radical (unpaired) electrons. The summed E-state index contributed by atoms with van der Waals surface area (Å²) in [6.07, 6.45) is 6.72. The van der Waals surface area contributed by atoms with Gasteiger partial charge < -0.3 is 15.4 Å². The van der Waals surface area contributed by atoms with Gasteiger partial charge in [-0.2, -0.15) is 0 Å². The van der Waals surface area contributed by atoms with Crippen molar-refractivity contribution in [3.63, 3.8) is 0 Å². The summed E-state index contributed by atoms with van der Waals surface area (Å²) in [6.45, 7) is 10.4. The lowest BCUT2D eigenvalue weighted by atomic mass is 9.61. The maximum absolute atomic E-state index is 6.26. The fraction of sp³-hybridized carbons (Fsp3) is 1.00. The molecule has 0 aromatic carbocycles. The smallest absolute Gasteiger partial charge is 0.0701 e. The van der Waals surface area contributed by atoms with E-state index in [4.69, 9.17) is 10.5 Å². The van der Waals surface area contributed by atoms with E-state index in [1.807, 2.05) is 0 Å². The van der Waals surface area contributed by atoms with Crippen molar-refractivity contribution in [3.05, 3.63) is 0 Å². The monoisotopic (exact) mass is 282 g/mol. The summed E-state index contributed by atoms with van der Waals surface area (Å²) in [7, 11) is 2.26. The Hall–Kier alpha value is -0.120. The highest BCUT2D eigenvalue weighted by atomic mass is 16.5. The lowest BCUT2D eigenvalue weighted by molar-refractivity contribution is -0.0166. The molecule has 2 rings (SSSR count). The van der Waals surface area contributed by atoms with Crippen molar-refractivity contribution in [1.82, 2.24) is 4.90 Å². The fourth-order valence-corrected chi connectivity index (χ4v) is 4.02. The molecule has 0 aromatic rings. The van der Waals surface area contributed by atoms with Crippen molar-refractivity contribution < 1.29 is 4.74 Å². The van der Waals surface area contributed by atoms with Gasteiger partial charge >= 0.3 is 0 Å². The third-order valence-electron chi connectivity index (χ3n) is 6.04. The first-order valence-electron chi connectivity index (χ1n) is 8.47. The number of ether oxygens (including phenoxy) is 1. The molecule has 1 saturated heterocycles. The van der Waals surface area contributed by atoms with Gasteiger partial charge in [-0.1, -0.05) is 20.8 Å². The van der Waals surface area contributed by atoms with Crippen LogP contribution in [0, 0.1) is 17.3 Å². The summed E-state index contributed by atoms with van der Waals surface area (Å²) >= 11 is 0. The zero-order valence-electron chi connectivity index (χ0n) is 13.9. The van der Waals surface area contributed by atoms with E-state index in [2.05, 4.69) is 32.7 Å². The van der Waals surface area contributed by atoms with Crippen LogP contribution in [0.25, 0.3) is 0 Å². The second-order valence-electron chi connectivity index (χ2n) is 7.76. The Balaban J connectivity index is 1.85. The SMILES string of the molecule is CC1C(N)CCC(CN(C)CC2CCCCO2)C1(C)C. The Kier molecular flexibility index (Phi) is 5.49. The third kappa shape index (κ3) is 3.75. The van der Waals surface area contributed by atoms with Gasteiger partial charge in [0.05, 0.1) is 6.10 Å². The molecular formula is C17H34N2O. The number of hydrogen-bond acceptors (Lipinski definition) is 3. The average Bonchev–Trinajstić information content (AvgIpc) is 2.41. The van der Waals surface area contributed by atoms with Crippen LogP contribution in [0.15, 0.2) is 0 Å². The molecule has 0 amide bonds. The second kappa shape index (κ2) is 6.76. The predicted molar refractivity (Wildman–Crippen MR) is 84.7 cm³/mol. The van der Waals surface area contributed by atoms with Crippen LogP contribution in [0.3, 0.4) is 0 Å². The summed E-state index contributed by atoms with van der Waals surface area (Å²) in [5.41, 5.74) is 6.61. The molecular weight excluding hydrogens is 248 g/mol. The molecule has 1 aliphatic heterocycles. The van der Waals surface area contributed by atoms with Crippen LogP contribution in [0.1, 0.15) is 52.9 Å². The molecule has 2 N–H and O–H groups in total. The first-order valence-corrected chi connectivity index (χ1v) is 8.47. The zero-order chi connectivity index (χ0) is 14.8. The van der Waals surface area contributed by atoms with Gasteiger partial charge in [-0.25, -0.2) is 0 Å². The minimum absolute atomic E-state index is 0.347. The lowest BCUT2D eigenvalue weighted by Crippen LogP contribution is -2.50. The quantitative estimate of drug-likeness (QED) is 0.861. The molecule has 20 heavy (non-hydrogen) atoms. The van der Waals surface area contributed by atoms with Gasteiger partial charge in [-0.3, -0.25) is 0 Å². The van der Waals surface area contributed by atoms with Crippen molar-refractivity contribution in [3.8, 4) is 0 Å². The van der Waals surface area contributed by atoms with E-state index in [1.165, 1.54) is 38.6 Å². The Labute approximate surface area is 125 Å². The third-order valence-corrected chi connectivity index (χ3v) is 6.04. The summed E-state index contributed by atoms with van der Waals surface area (Å²) < 4.78 is 5.87. The highest BCUT2D eigenvalue weighted by Gasteiger charge is 2.41. The molecule has 4 unspecified atom stereocenters. The van der Waals surface area contributed by atoms with E-state index >= 15 is 0 Å². The van der Waals surface area contributed by atoms with Crippen LogP contribution in [0.5, 0.6) is 0 Å². The molecule has 0 spiro atoms. The molecule has 3 heteroatoms. The largest absolute Gasteiger partial charge is 0.377 e. The molecule has 0 aromatic heterocycles. The molecule has 2 fully saturated rings. The van der Waals surface area contributed by atoms with Gasteiger partial charge in [-0.05, 0) is 56.4 Å². The summed E-state index contributed by atoms with van der Waals surface area (Å²) in [5, 5.41) is 0. The molecule has 1 aliphatic carbocycles. The van der Waals surface area contributed by atoms with E-state index in [9.17, 15) is 0 Å². The Morgan fingerprint density at radius 1 is 1.15 bits per heavy atom. The maximum Gasteiger partial charge on any atom is 0.0701 e. The molecule has 118 valence electrons. The highest BCUT2D eigenvalue weighted by molar-refractivity contribution is 4.94. The number of likely N-dealkylation sites (N-methyl/N-ethyl adjacent to an activating group) is 1. The molecule has 0 bridgehead atoms. The Morgan fingerprint density at radius 2 is 1.90 bits per heavy atom. The molecule has 1 heterocycles. The first kappa shape index (κ1) is 16.3. The van der Waals surface area contributed by atoms with E-state index in [1.54, 1.807) is 0 Å². The van der Waals surface area contributed by atoms with Crippen LogP contribution < -0.4 is 5.73 Å². The highest BCUT2D eigenvalue weighted by Crippen LogP contribution is 2.44. The number of nitrogens with two attached hydrogens (primary N) is 1. The zero-order valence-corrected chi connectivity index (χ0v) is 13.9. The minimum Gasteiger partial charge on any atom is -0.377 e. The van der Waals surface area contributed by atoms with Crippen molar-refractivity contribution in [2.45, 2.75) is 65.0 Å². The minimum atomic E-state index is 0.347. The standard InChI is InChI=1S/C17H34N2O/c1-13-16(18)9-8-14(17(13,2)3)11-19(4)12-15-7-5-6-10-20-15/h13-16H,5-12,18H2,1-4H3. The fourth-order valence-electron chi connectivity index (χ4n) is 4.02. The average molecular weight is 282 g/mol. The maximum atomic E-state index is 6.26. The Bertz CT molecular complexity index is 299. The van der Waals surface area contributed by atoms with Gasteiger partial charge in [0.2, 0.25) is 0 Å². The van der Waals surface area contributed by atoms with Gasteiger partial charge in [0, 0.05) is 25.7 Å². The molecule has 2 aliphatic rings. The molecule has 1 saturated carbocycles. The Morgan fingerprint density at radius 3 is 2.55 bits per heavy atom. The number of nitrogens with zero attached hydrogens (tertiary/aromatic N) is 1. The predicted octanol–water partition coefficient (Wildman–Crippen LogP) is 2.89. The van der Waals surface area contributed by atoms with Gasteiger partial charge in [0.1, 0.15) is 0 Å². The summed E-state index contributed by atoms with van der Waals surface area (Å²) in [6, 6.07) is 0.383. The van der Waals surface area contributed by atoms with Crippen LogP contribution in [-0.4, -0.2) is 43.8 Å². The normalized spacial score (nSPS) is 38.1. The van der Waals surface area contributed by atoms with Gasteiger partial charge in [-0.15, -0.1) is 0 Å². The van der Waals surface area contributed by atoms with Gasteiger partial charge in [0.25, 0.3) is 0 Å².